The van der Waals surface area contributed by atoms with Crippen LogP contribution in [0.3, 0.4) is 0 Å². The minimum absolute atomic E-state index is 0.243. The van der Waals surface area contributed by atoms with Crippen LogP contribution < -0.4 is 5.56 Å². The summed E-state index contributed by atoms with van der Waals surface area (Å²) in [6.07, 6.45) is 4.82. The zero-order chi connectivity index (χ0) is 13.2. The van der Waals surface area contributed by atoms with Gasteiger partial charge in [-0.3, -0.25) is 4.79 Å². The second kappa shape index (κ2) is 4.70. The van der Waals surface area contributed by atoms with Crippen molar-refractivity contribution in [2.45, 2.75) is 0 Å². The molecule has 0 aliphatic rings. The van der Waals surface area contributed by atoms with Gasteiger partial charge in [0.25, 0.3) is 5.56 Å². The van der Waals surface area contributed by atoms with Crippen molar-refractivity contribution in [3.8, 4) is 11.4 Å². The molecule has 3 rings (SSSR count). The molecule has 3 aromatic rings. The van der Waals surface area contributed by atoms with Crippen molar-refractivity contribution in [3.05, 3.63) is 70.6 Å². The highest BCUT2D eigenvalue weighted by molar-refractivity contribution is 6.29. The van der Waals surface area contributed by atoms with Crippen molar-refractivity contribution in [2.24, 2.45) is 0 Å². The molecule has 2 heterocycles. The Kier molecular flexibility index (Phi) is 2.89. The maximum absolute atomic E-state index is 12.4. The fourth-order valence-electron chi connectivity index (χ4n) is 1.78. The third-order valence-corrected chi connectivity index (χ3v) is 2.83. The fourth-order valence-corrected chi connectivity index (χ4v) is 1.96. The Morgan fingerprint density at radius 3 is 2.63 bits per heavy atom. The summed E-state index contributed by atoms with van der Waals surface area (Å²) in [7, 11) is 0. The van der Waals surface area contributed by atoms with Gasteiger partial charge in [-0.1, -0.05) is 29.8 Å². The van der Waals surface area contributed by atoms with Crippen LogP contribution in [0.1, 0.15) is 0 Å². The van der Waals surface area contributed by atoms with E-state index in [4.69, 9.17) is 11.6 Å². The van der Waals surface area contributed by atoms with E-state index < -0.39 is 0 Å². The molecule has 0 atom stereocenters. The van der Waals surface area contributed by atoms with E-state index in [9.17, 15) is 4.79 Å². The van der Waals surface area contributed by atoms with Crippen LogP contribution in [-0.4, -0.2) is 19.3 Å². The van der Waals surface area contributed by atoms with E-state index >= 15 is 0 Å². The lowest BCUT2D eigenvalue weighted by molar-refractivity contribution is 0.790. The van der Waals surface area contributed by atoms with Crippen molar-refractivity contribution in [2.75, 3.05) is 0 Å². The van der Waals surface area contributed by atoms with Gasteiger partial charge in [0.15, 0.2) is 5.15 Å². The molecule has 19 heavy (non-hydrogen) atoms. The third-order valence-electron chi connectivity index (χ3n) is 2.65. The van der Waals surface area contributed by atoms with Crippen LogP contribution in [-0.2, 0) is 0 Å². The highest BCUT2D eigenvalue weighted by atomic mass is 35.5. The van der Waals surface area contributed by atoms with E-state index in [1.54, 1.807) is 35.4 Å². The highest BCUT2D eigenvalue weighted by Gasteiger charge is 2.10. The lowest BCUT2D eigenvalue weighted by Gasteiger charge is -2.08. The summed E-state index contributed by atoms with van der Waals surface area (Å²) < 4.78 is 2.88. The summed E-state index contributed by atoms with van der Waals surface area (Å²) in [5.74, 6) is 0. The van der Waals surface area contributed by atoms with Gasteiger partial charge in [0.1, 0.15) is 5.69 Å². The predicted molar refractivity (Wildman–Crippen MR) is 72.0 cm³/mol. The molecule has 0 bridgehead atoms. The van der Waals surface area contributed by atoms with Gasteiger partial charge in [0.2, 0.25) is 0 Å². The van der Waals surface area contributed by atoms with Crippen LogP contribution in [0.4, 0.5) is 0 Å². The van der Waals surface area contributed by atoms with E-state index in [0.29, 0.717) is 11.4 Å². The summed E-state index contributed by atoms with van der Waals surface area (Å²) in [6.45, 7) is 0. The predicted octanol–water partition coefficient (Wildman–Crippen LogP) is 2.07. The number of hydrogen-bond donors (Lipinski definition) is 0. The van der Waals surface area contributed by atoms with Crippen molar-refractivity contribution in [3.63, 3.8) is 0 Å². The molecule has 2 aromatic heterocycles. The Morgan fingerprint density at radius 1 is 1.16 bits per heavy atom. The molecule has 94 valence electrons. The van der Waals surface area contributed by atoms with Gasteiger partial charge in [-0.25, -0.2) is 4.98 Å². The van der Waals surface area contributed by atoms with Crippen molar-refractivity contribution in [1.82, 2.24) is 19.3 Å². The van der Waals surface area contributed by atoms with Gasteiger partial charge in [0, 0.05) is 18.5 Å². The number of benzene rings is 1. The normalized spacial score (nSPS) is 10.6. The Bertz CT molecular complexity index is 750. The number of imidazole rings is 1. The van der Waals surface area contributed by atoms with Crippen LogP contribution in [0.25, 0.3) is 11.4 Å². The molecule has 0 fully saturated rings. The Morgan fingerprint density at radius 2 is 1.95 bits per heavy atom. The minimum atomic E-state index is -0.256. The molecule has 0 radical (unpaired) electrons. The quantitative estimate of drug-likeness (QED) is 0.718. The first-order chi connectivity index (χ1) is 9.25. The van der Waals surface area contributed by atoms with Crippen molar-refractivity contribution < 1.29 is 0 Å². The van der Waals surface area contributed by atoms with Gasteiger partial charge >= 0.3 is 0 Å². The minimum Gasteiger partial charge on any atom is -0.301 e. The average molecular weight is 273 g/mol. The topological polar surface area (TPSA) is 52.7 Å². The number of hydrogen-bond acceptors (Lipinski definition) is 3. The Balaban J connectivity index is 2.26. The first kappa shape index (κ1) is 11.7. The SMILES string of the molecule is O=c1c(-n2ccnc2)cc(Cl)nn1-c1ccccc1. The second-order valence-corrected chi connectivity index (χ2v) is 4.26. The Hall–Kier alpha value is -2.40. The van der Waals surface area contributed by atoms with Crippen LogP contribution in [0.5, 0.6) is 0 Å². The molecule has 0 aliphatic carbocycles. The number of nitrogens with zero attached hydrogens (tertiary/aromatic N) is 4. The number of rotatable bonds is 2. The molecule has 0 amide bonds. The van der Waals surface area contributed by atoms with Gasteiger partial charge < -0.3 is 4.57 Å². The molecule has 0 saturated carbocycles. The van der Waals surface area contributed by atoms with Crippen molar-refractivity contribution in [1.29, 1.82) is 0 Å². The van der Waals surface area contributed by atoms with Crippen LogP contribution in [0.2, 0.25) is 5.15 Å². The molecule has 0 N–H and O–H groups in total. The van der Waals surface area contributed by atoms with E-state index in [1.165, 1.54) is 10.7 Å². The summed E-state index contributed by atoms with van der Waals surface area (Å²) in [5.41, 5.74) is 0.811. The molecule has 0 saturated heterocycles. The summed E-state index contributed by atoms with van der Waals surface area (Å²) >= 11 is 5.98. The lowest BCUT2D eigenvalue weighted by Crippen LogP contribution is -2.25. The molecule has 6 heteroatoms. The second-order valence-electron chi connectivity index (χ2n) is 3.87. The Labute approximate surface area is 113 Å². The van der Waals surface area contributed by atoms with Gasteiger partial charge in [0.05, 0.1) is 12.0 Å². The first-order valence-electron chi connectivity index (χ1n) is 5.59. The van der Waals surface area contributed by atoms with E-state index in [0.717, 1.165) is 0 Å². The molecule has 0 unspecified atom stereocenters. The number of aromatic nitrogens is 4. The average Bonchev–Trinajstić information content (AvgIpc) is 2.96. The van der Waals surface area contributed by atoms with Crippen molar-refractivity contribution >= 4 is 11.6 Å². The van der Waals surface area contributed by atoms with E-state index in [1.807, 2.05) is 18.2 Å². The number of halogens is 1. The zero-order valence-corrected chi connectivity index (χ0v) is 10.5. The van der Waals surface area contributed by atoms with Gasteiger partial charge in [-0.15, -0.1) is 0 Å². The molecular weight excluding hydrogens is 264 g/mol. The van der Waals surface area contributed by atoms with Crippen LogP contribution in [0.15, 0.2) is 59.9 Å². The van der Waals surface area contributed by atoms with Crippen LogP contribution in [0, 0.1) is 0 Å². The molecule has 0 aliphatic heterocycles. The van der Waals surface area contributed by atoms with Crippen LogP contribution >= 0.6 is 11.6 Å². The molecule has 1 aromatic carbocycles. The molecule has 0 spiro atoms. The van der Waals surface area contributed by atoms with E-state index in [2.05, 4.69) is 10.1 Å². The highest BCUT2D eigenvalue weighted by Crippen LogP contribution is 2.10. The van der Waals surface area contributed by atoms with E-state index in [-0.39, 0.29) is 10.7 Å². The summed E-state index contributed by atoms with van der Waals surface area (Å²) in [4.78, 5) is 16.3. The molecule has 5 nitrogen and oxygen atoms in total. The first-order valence-corrected chi connectivity index (χ1v) is 5.97. The smallest absolute Gasteiger partial charge is 0.295 e. The number of para-hydroxylation sites is 1. The maximum Gasteiger partial charge on any atom is 0.295 e. The largest absolute Gasteiger partial charge is 0.301 e. The maximum atomic E-state index is 12.4. The third kappa shape index (κ3) is 2.15. The monoisotopic (exact) mass is 272 g/mol. The lowest BCUT2D eigenvalue weighted by atomic mass is 10.3. The molecular formula is C13H9ClN4O. The van der Waals surface area contributed by atoms with Gasteiger partial charge in [-0.05, 0) is 12.1 Å². The van der Waals surface area contributed by atoms with Gasteiger partial charge in [-0.2, -0.15) is 9.78 Å². The summed E-state index contributed by atoms with van der Waals surface area (Å²) in [6, 6.07) is 10.6. The zero-order valence-electron chi connectivity index (χ0n) is 9.77. The fraction of sp³-hybridized carbons (Fsp3) is 0. The summed E-state index contributed by atoms with van der Waals surface area (Å²) in [5, 5.41) is 4.29. The standard InChI is InChI=1S/C13H9ClN4O/c14-12-8-11(17-7-6-15-9-17)13(19)18(16-12)10-4-2-1-3-5-10/h1-9H.